The van der Waals surface area contributed by atoms with E-state index in [-0.39, 0.29) is 29.4 Å². The number of phenolic OH excluding ortho intramolecular Hbond substituents is 1. The quantitative estimate of drug-likeness (QED) is 0.782. The van der Waals surface area contributed by atoms with Crippen LogP contribution in [0.3, 0.4) is 0 Å². The van der Waals surface area contributed by atoms with Crippen molar-refractivity contribution in [3.8, 4) is 5.75 Å². The average molecular weight is 257 g/mol. The third-order valence-corrected chi connectivity index (χ3v) is 5.04. The number of fused-ring (bicyclic) bond motifs is 5. The number of anilines is 1. The summed E-state index contributed by atoms with van der Waals surface area (Å²) < 4.78 is 0. The molecule has 4 rings (SSSR count). The molecule has 98 valence electrons. The van der Waals surface area contributed by atoms with Gasteiger partial charge in [0.1, 0.15) is 5.75 Å². The Labute approximate surface area is 111 Å². The summed E-state index contributed by atoms with van der Waals surface area (Å²) in [6.45, 7) is 0. The molecule has 4 heteroatoms. The predicted molar refractivity (Wildman–Crippen MR) is 68.4 cm³/mol. The van der Waals surface area contributed by atoms with Crippen LogP contribution in [0.2, 0.25) is 0 Å². The number of phenols is 1. The Bertz CT molecular complexity index is 537. The monoisotopic (exact) mass is 257 g/mol. The molecule has 0 spiro atoms. The van der Waals surface area contributed by atoms with Gasteiger partial charge in [-0.25, -0.2) is 0 Å². The smallest absolute Gasteiger partial charge is 0.237 e. The molecule has 2 amide bonds. The van der Waals surface area contributed by atoms with Gasteiger partial charge in [0.2, 0.25) is 11.8 Å². The van der Waals surface area contributed by atoms with Crippen molar-refractivity contribution in [2.75, 3.05) is 4.90 Å². The number of imide groups is 1. The average Bonchev–Trinajstić information content (AvgIpc) is 3.06. The third-order valence-electron chi connectivity index (χ3n) is 5.04. The van der Waals surface area contributed by atoms with Crippen LogP contribution in [-0.4, -0.2) is 16.9 Å². The molecule has 19 heavy (non-hydrogen) atoms. The highest BCUT2D eigenvalue weighted by atomic mass is 16.3. The fourth-order valence-electron chi connectivity index (χ4n) is 4.26. The van der Waals surface area contributed by atoms with Crippen molar-refractivity contribution in [3.63, 3.8) is 0 Å². The molecular weight excluding hydrogens is 242 g/mol. The van der Waals surface area contributed by atoms with E-state index < -0.39 is 0 Å². The van der Waals surface area contributed by atoms with Crippen molar-refractivity contribution >= 4 is 17.5 Å². The first-order valence-electron chi connectivity index (χ1n) is 6.83. The summed E-state index contributed by atoms with van der Waals surface area (Å²) in [7, 11) is 0. The number of aromatic hydroxyl groups is 1. The molecule has 1 aliphatic heterocycles. The minimum Gasteiger partial charge on any atom is -0.508 e. The van der Waals surface area contributed by atoms with Gasteiger partial charge in [0.25, 0.3) is 0 Å². The molecule has 1 N–H and O–H groups in total. The van der Waals surface area contributed by atoms with E-state index in [0.717, 1.165) is 19.3 Å². The highest BCUT2D eigenvalue weighted by molar-refractivity contribution is 6.22. The van der Waals surface area contributed by atoms with Crippen LogP contribution >= 0.6 is 0 Å². The molecule has 1 heterocycles. The summed E-state index contributed by atoms with van der Waals surface area (Å²) in [5.74, 6) is 0.728. The molecule has 0 radical (unpaired) electrons. The molecule has 3 aliphatic rings. The van der Waals surface area contributed by atoms with E-state index in [1.165, 1.54) is 17.0 Å². The zero-order valence-corrected chi connectivity index (χ0v) is 10.5. The van der Waals surface area contributed by atoms with Gasteiger partial charge in [0.05, 0.1) is 17.5 Å². The van der Waals surface area contributed by atoms with Crippen molar-refractivity contribution in [3.05, 3.63) is 24.3 Å². The maximum Gasteiger partial charge on any atom is 0.237 e. The number of nitrogens with zero attached hydrogens (tertiary/aromatic N) is 1. The number of hydrogen-bond acceptors (Lipinski definition) is 3. The van der Waals surface area contributed by atoms with Gasteiger partial charge in [0.15, 0.2) is 0 Å². The molecule has 2 bridgehead atoms. The van der Waals surface area contributed by atoms with E-state index in [1.54, 1.807) is 12.1 Å². The number of rotatable bonds is 1. The molecule has 2 saturated carbocycles. The van der Waals surface area contributed by atoms with Crippen LogP contribution < -0.4 is 4.90 Å². The zero-order valence-electron chi connectivity index (χ0n) is 10.5. The molecule has 2 aliphatic carbocycles. The topological polar surface area (TPSA) is 57.6 Å². The summed E-state index contributed by atoms with van der Waals surface area (Å²) in [4.78, 5) is 26.4. The standard InChI is InChI=1S/C15H15NO3/c17-11-5-3-10(4-6-11)16-14(18)12-8-1-2-9(7-8)13(12)15(16)19/h3-6,8-9,12-13,17H,1-2,7H2/t8-,9-,12-,13+/m0/s1. The second kappa shape index (κ2) is 3.59. The molecule has 4 nitrogen and oxygen atoms in total. The van der Waals surface area contributed by atoms with Crippen LogP contribution in [0.15, 0.2) is 24.3 Å². The Balaban J connectivity index is 1.73. The van der Waals surface area contributed by atoms with E-state index in [9.17, 15) is 14.7 Å². The van der Waals surface area contributed by atoms with E-state index in [0.29, 0.717) is 17.5 Å². The van der Waals surface area contributed by atoms with Gasteiger partial charge in [-0.3, -0.25) is 14.5 Å². The lowest BCUT2D eigenvalue weighted by Gasteiger charge is -2.19. The second-order valence-corrected chi connectivity index (χ2v) is 5.91. The van der Waals surface area contributed by atoms with E-state index in [2.05, 4.69) is 0 Å². The molecular formula is C15H15NO3. The Hall–Kier alpha value is -1.84. The predicted octanol–water partition coefficient (Wildman–Crippen LogP) is 1.93. The van der Waals surface area contributed by atoms with Crippen molar-refractivity contribution in [2.24, 2.45) is 23.7 Å². The lowest BCUT2D eigenvalue weighted by molar-refractivity contribution is -0.123. The minimum absolute atomic E-state index is 0.0344. The van der Waals surface area contributed by atoms with Gasteiger partial charge in [-0.2, -0.15) is 0 Å². The number of amides is 2. The molecule has 1 aromatic rings. The lowest BCUT2D eigenvalue weighted by atomic mass is 9.81. The summed E-state index contributed by atoms with van der Waals surface area (Å²) >= 11 is 0. The van der Waals surface area contributed by atoms with E-state index in [1.807, 2.05) is 0 Å². The first-order chi connectivity index (χ1) is 9.16. The van der Waals surface area contributed by atoms with Gasteiger partial charge in [0, 0.05) is 0 Å². The minimum atomic E-state index is -0.0833. The largest absolute Gasteiger partial charge is 0.508 e. The van der Waals surface area contributed by atoms with Gasteiger partial charge >= 0.3 is 0 Å². The normalized spacial score (nSPS) is 36.1. The Morgan fingerprint density at radius 1 is 0.947 bits per heavy atom. The number of carbonyl (C=O) groups is 2. The van der Waals surface area contributed by atoms with Gasteiger partial charge in [-0.15, -0.1) is 0 Å². The highest BCUT2D eigenvalue weighted by Crippen LogP contribution is 2.56. The number of carbonyl (C=O) groups excluding carboxylic acids is 2. The van der Waals surface area contributed by atoms with Crippen LogP contribution in [0, 0.1) is 23.7 Å². The first kappa shape index (κ1) is 11.0. The first-order valence-corrected chi connectivity index (χ1v) is 6.83. The molecule has 1 saturated heterocycles. The van der Waals surface area contributed by atoms with Crippen LogP contribution in [0.25, 0.3) is 0 Å². The highest BCUT2D eigenvalue weighted by Gasteiger charge is 2.61. The molecule has 4 atom stereocenters. The summed E-state index contributed by atoms with van der Waals surface area (Å²) in [6, 6.07) is 6.29. The van der Waals surface area contributed by atoms with Crippen molar-refractivity contribution in [1.29, 1.82) is 0 Å². The van der Waals surface area contributed by atoms with Gasteiger partial charge in [-0.1, -0.05) is 0 Å². The van der Waals surface area contributed by atoms with E-state index >= 15 is 0 Å². The third kappa shape index (κ3) is 1.34. The molecule has 1 aromatic carbocycles. The van der Waals surface area contributed by atoms with Crippen LogP contribution in [0.1, 0.15) is 19.3 Å². The number of hydrogen-bond donors (Lipinski definition) is 1. The lowest BCUT2D eigenvalue weighted by Crippen LogP contribution is -2.32. The Morgan fingerprint density at radius 3 is 2.00 bits per heavy atom. The summed E-state index contributed by atoms with van der Waals surface area (Å²) in [5.41, 5.74) is 0.585. The summed E-state index contributed by atoms with van der Waals surface area (Å²) in [6.07, 6.45) is 3.23. The molecule has 3 fully saturated rings. The van der Waals surface area contributed by atoms with Crippen LogP contribution in [0.4, 0.5) is 5.69 Å². The molecule has 0 unspecified atom stereocenters. The van der Waals surface area contributed by atoms with Gasteiger partial charge < -0.3 is 5.11 Å². The SMILES string of the molecule is O=C1[C@@H]2[C@H]3CC[C@@H](C3)[C@@H]2C(=O)N1c1ccc(O)cc1. The Kier molecular flexibility index (Phi) is 2.08. The van der Waals surface area contributed by atoms with Crippen LogP contribution in [-0.2, 0) is 9.59 Å². The zero-order chi connectivity index (χ0) is 13.1. The fourth-order valence-corrected chi connectivity index (χ4v) is 4.26. The maximum atomic E-state index is 12.5. The fraction of sp³-hybridized carbons (Fsp3) is 0.467. The summed E-state index contributed by atoms with van der Waals surface area (Å²) in [5, 5.41) is 9.30. The maximum absolute atomic E-state index is 12.5. The van der Waals surface area contributed by atoms with E-state index in [4.69, 9.17) is 0 Å². The molecule has 0 aromatic heterocycles. The van der Waals surface area contributed by atoms with Crippen molar-refractivity contribution in [2.45, 2.75) is 19.3 Å². The van der Waals surface area contributed by atoms with Crippen molar-refractivity contribution in [1.82, 2.24) is 0 Å². The van der Waals surface area contributed by atoms with Crippen molar-refractivity contribution < 1.29 is 14.7 Å². The van der Waals surface area contributed by atoms with Crippen LogP contribution in [0.5, 0.6) is 5.75 Å². The number of benzene rings is 1. The Morgan fingerprint density at radius 2 is 1.47 bits per heavy atom. The second-order valence-electron chi connectivity index (χ2n) is 5.91. The van der Waals surface area contributed by atoms with Gasteiger partial charge in [-0.05, 0) is 55.4 Å².